The zero-order chi connectivity index (χ0) is 19.2. The van der Waals surface area contributed by atoms with Crippen molar-refractivity contribution in [3.63, 3.8) is 0 Å². The van der Waals surface area contributed by atoms with E-state index in [1.54, 1.807) is 42.5 Å². The van der Waals surface area contributed by atoms with E-state index >= 15 is 0 Å². The molecule has 0 aliphatic carbocycles. The van der Waals surface area contributed by atoms with Crippen LogP contribution in [0.4, 0.5) is 5.69 Å². The molecule has 1 aliphatic heterocycles. The molecule has 3 rings (SSSR count). The quantitative estimate of drug-likeness (QED) is 0.603. The van der Waals surface area contributed by atoms with Gasteiger partial charge in [0.15, 0.2) is 18.1 Å². The molecule has 0 unspecified atom stereocenters. The Bertz CT molecular complexity index is 896. The van der Waals surface area contributed by atoms with Gasteiger partial charge in [0.05, 0.1) is 12.1 Å². The normalized spacial score (nSPS) is 12.1. The number of rotatable bonds is 6. The fraction of sp³-hybridized carbons (Fsp3) is 0.158. The number of carbonyl (C=O) groups is 2. The first kappa shape index (κ1) is 18.6. The number of hydrogen-bond acceptors (Lipinski definition) is 6. The molecule has 0 aromatic heterocycles. The molecule has 8 heteroatoms. The Kier molecular flexibility index (Phi) is 5.83. The second-order valence-electron chi connectivity index (χ2n) is 5.45. The lowest BCUT2D eigenvalue weighted by Gasteiger charge is -2.08. The van der Waals surface area contributed by atoms with E-state index in [9.17, 15) is 9.59 Å². The molecular weight excluding hydrogens is 374 g/mol. The summed E-state index contributed by atoms with van der Waals surface area (Å²) in [7, 11) is 1.50. The van der Waals surface area contributed by atoms with Crippen molar-refractivity contribution in [1.29, 1.82) is 0 Å². The standard InChI is InChI=1S/C19H16ClNO6/c1-24-15-6-4-13(9-14(15)20)21-18(22)10-25-19(23)7-3-12-2-5-16-17(8-12)27-11-26-16/h2-9H,10-11H2,1H3,(H,21,22). The van der Waals surface area contributed by atoms with Crippen molar-refractivity contribution in [2.24, 2.45) is 0 Å². The van der Waals surface area contributed by atoms with Crippen molar-refractivity contribution < 1.29 is 28.5 Å². The van der Waals surface area contributed by atoms with E-state index in [-0.39, 0.29) is 6.79 Å². The van der Waals surface area contributed by atoms with E-state index in [1.165, 1.54) is 13.2 Å². The number of benzene rings is 2. The van der Waals surface area contributed by atoms with E-state index in [0.29, 0.717) is 28.0 Å². The van der Waals surface area contributed by atoms with Crippen molar-refractivity contribution in [3.05, 3.63) is 53.1 Å². The van der Waals surface area contributed by atoms with Crippen molar-refractivity contribution in [2.45, 2.75) is 0 Å². The van der Waals surface area contributed by atoms with Gasteiger partial charge in [0.1, 0.15) is 5.75 Å². The maximum Gasteiger partial charge on any atom is 0.331 e. The fourth-order valence-corrected chi connectivity index (χ4v) is 2.56. The van der Waals surface area contributed by atoms with E-state index in [0.717, 1.165) is 5.56 Å². The Morgan fingerprint density at radius 2 is 2.00 bits per heavy atom. The first-order valence-electron chi connectivity index (χ1n) is 7.93. The van der Waals surface area contributed by atoms with Gasteiger partial charge in [-0.05, 0) is 42.0 Å². The van der Waals surface area contributed by atoms with Crippen LogP contribution < -0.4 is 19.5 Å². The van der Waals surface area contributed by atoms with E-state index < -0.39 is 18.5 Å². The van der Waals surface area contributed by atoms with Crippen molar-refractivity contribution in [2.75, 3.05) is 25.8 Å². The van der Waals surface area contributed by atoms with Gasteiger partial charge in [-0.1, -0.05) is 17.7 Å². The van der Waals surface area contributed by atoms with Gasteiger partial charge in [-0.3, -0.25) is 4.79 Å². The molecule has 27 heavy (non-hydrogen) atoms. The molecule has 1 heterocycles. The van der Waals surface area contributed by atoms with Crippen LogP contribution in [0.15, 0.2) is 42.5 Å². The van der Waals surface area contributed by atoms with Crippen LogP contribution in [0.1, 0.15) is 5.56 Å². The summed E-state index contributed by atoms with van der Waals surface area (Å²) < 4.78 is 20.4. The monoisotopic (exact) mass is 389 g/mol. The zero-order valence-corrected chi connectivity index (χ0v) is 15.1. The maximum absolute atomic E-state index is 11.9. The van der Waals surface area contributed by atoms with Crippen LogP contribution in [0.5, 0.6) is 17.2 Å². The molecular formula is C19H16ClNO6. The Morgan fingerprint density at radius 3 is 2.78 bits per heavy atom. The number of esters is 1. The molecule has 2 aromatic carbocycles. The number of methoxy groups -OCH3 is 1. The van der Waals surface area contributed by atoms with Crippen molar-refractivity contribution in [3.8, 4) is 17.2 Å². The molecule has 1 N–H and O–H groups in total. The first-order chi connectivity index (χ1) is 13.0. The Morgan fingerprint density at radius 1 is 1.19 bits per heavy atom. The Balaban J connectivity index is 1.48. The highest BCUT2D eigenvalue weighted by molar-refractivity contribution is 6.32. The van der Waals surface area contributed by atoms with Gasteiger partial charge in [-0.25, -0.2) is 4.79 Å². The minimum Gasteiger partial charge on any atom is -0.495 e. The second-order valence-corrected chi connectivity index (χ2v) is 5.86. The molecule has 7 nitrogen and oxygen atoms in total. The van der Waals surface area contributed by atoms with Gasteiger partial charge in [0, 0.05) is 11.8 Å². The van der Waals surface area contributed by atoms with E-state index in [1.807, 2.05) is 0 Å². The number of ether oxygens (including phenoxy) is 4. The highest BCUT2D eigenvalue weighted by Gasteiger charge is 2.12. The summed E-state index contributed by atoms with van der Waals surface area (Å²) in [6, 6.07) is 10.1. The van der Waals surface area contributed by atoms with Gasteiger partial charge in [-0.15, -0.1) is 0 Å². The number of fused-ring (bicyclic) bond motifs is 1. The third-order valence-electron chi connectivity index (χ3n) is 3.59. The third kappa shape index (κ3) is 4.92. The highest BCUT2D eigenvalue weighted by Crippen LogP contribution is 2.32. The maximum atomic E-state index is 11.9. The molecule has 2 aromatic rings. The fourth-order valence-electron chi connectivity index (χ4n) is 2.31. The number of amides is 1. The summed E-state index contributed by atoms with van der Waals surface area (Å²) in [6.07, 6.45) is 2.79. The van der Waals surface area contributed by atoms with Crippen LogP contribution in [0, 0.1) is 0 Å². The predicted molar refractivity (Wildman–Crippen MR) is 99.2 cm³/mol. The summed E-state index contributed by atoms with van der Waals surface area (Å²) in [6.45, 7) is -0.243. The third-order valence-corrected chi connectivity index (χ3v) is 3.88. The zero-order valence-electron chi connectivity index (χ0n) is 14.4. The lowest BCUT2D eigenvalue weighted by Crippen LogP contribution is -2.20. The molecule has 0 spiro atoms. The minimum absolute atomic E-state index is 0.180. The molecule has 0 saturated carbocycles. The Hall–Kier alpha value is -3.19. The number of nitrogens with one attached hydrogen (secondary N) is 1. The smallest absolute Gasteiger partial charge is 0.331 e. The summed E-state index contributed by atoms with van der Waals surface area (Å²) in [5, 5.41) is 2.94. The van der Waals surface area contributed by atoms with Crippen LogP contribution in [0.3, 0.4) is 0 Å². The van der Waals surface area contributed by atoms with Gasteiger partial charge >= 0.3 is 5.97 Å². The number of anilines is 1. The second kappa shape index (κ2) is 8.46. The number of halogens is 1. The van der Waals surface area contributed by atoms with E-state index in [2.05, 4.69) is 5.32 Å². The van der Waals surface area contributed by atoms with Gasteiger partial charge in [0.25, 0.3) is 5.91 Å². The highest BCUT2D eigenvalue weighted by atomic mass is 35.5. The van der Waals surface area contributed by atoms with Crippen molar-refractivity contribution in [1.82, 2.24) is 0 Å². The summed E-state index contributed by atoms with van der Waals surface area (Å²) in [4.78, 5) is 23.6. The largest absolute Gasteiger partial charge is 0.495 e. The van der Waals surface area contributed by atoms with Crippen LogP contribution in [0.25, 0.3) is 6.08 Å². The topological polar surface area (TPSA) is 83.1 Å². The lowest BCUT2D eigenvalue weighted by atomic mass is 10.2. The SMILES string of the molecule is COc1ccc(NC(=O)COC(=O)C=Cc2ccc3c(c2)OCO3)cc1Cl. The van der Waals surface area contributed by atoms with E-state index in [4.69, 9.17) is 30.5 Å². The predicted octanol–water partition coefficient (Wildman–Crippen LogP) is 3.27. The minimum atomic E-state index is -0.643. The molecule has 0 fully saturated rings. The number of carbonyl (C=O) groups excluding carboxylic acids is 2. The summed E-state index contributed by atoms with van der Waals surface area (Å²) in [5.41, 5.74) is 1.21. The molecule has 140 valence electrons. The molecule has 0 radical (unpaired) electrons. The molecule has 1 aliphatic rings. The average molecular weight is 390 g/mol. The van der Waals surface area contributed by atoms with Crippen LogP contribution in [0.2, 0.25) is 5.02 Å². The molecule has 0 atom stereocenters. The summed E-state index contributed by atoms with van der Waals surface area (Å²) in [5.74, 6) is 0.638. The Labute approximate surface area is 160 Å². The molecule has 0 saturated heterocycles. The van der Waals surface area contributed by atoms with Gasteiger partial charge in [-0.2, -0.15) is 0 Å². The van der Waals surface area contributed by atoms with Crippen LogP contribution >= 0.6 is 11.6 Å². The lowest BCUT2D eigenvalue weighted by molar-refractivity contribution is -0.142. The number of hydrogen-bond donors (Lipinski definition) is 1. The molecule has 0 bridgehead atoms. The first-order valence-corrected chi connectivity index (χ1v) is 8.31. The van der Waals surface area contributed by atoms with Gasteiger partial charge < -0.3 is 24.3 Å². The van der Waals surface area contributed by atoms with Crippen LogP contribution in [-0.4, -0.2) is 32.4 Å². The summed E-state index contributed by atoms with van der Waals surface area (Å²) >= 11 is 5.99. The average Bonchev–Trinajstić information content (AvgIpc) is 3.12. The van der Waals surface area contributed by atoms with Gasteiger partial charge in [0.2, 0.25) is 6.79 Å². The molecule has 1 amide bonds. The van der Waals surface area contributed by atoms with Crippen molar-refractivity contribution >= 4 is 35.2 Å². The van der Waals surface area contributed by atoms with Crippen LogP contribution in [-0.2, 0) is 14.3 Å².